The molecule has 1 fully saturated rings. The molecule has 1 aromatic carbocycles. The monoisotopic (exact) mass is 256 g/mol. The van der Waals surface area contributed by atoms with Gasteiger partial charge in [-0.3, -0.25) is 0 Å². The zero-order valence-electron chi connectivity index (χ0n) is 9.70. The molecule has 18 heavy (non-hydrogen) atoms. The van der Waals surface area contributed by atoms with Gasteiger partial charge < -0.3 is 15.7 Å². The molecule has 98 valence electrons. The van der Waals surface area contributed by atoms with Crippen molar-refractivity contribution < 1.29 is 18.7 Å². The second kappa shape index (κ2) is 4.89. The van der Waals surface area contributed by atoms with Crippen LogP contribution in [-0.4, -0.2) is 30.7 Å². The zero-order valence-corrected chi connectivity index (χ0v) is 9.70. The number of hydrogen-bond donors (Lipinski definition) is 2. The minimum absolute atomic E-state index is 0.157. The predicted octanol–water partition coefficient (Wildman–Crippen LogP) is 1.45. The smallest absolute Gasteiger partial charge is 0.335 e. The first-order valence-electron chi connectivity index (χ1n) is 5.70. The summed E-state index contributed by atoms with van der Waals surface area (Å²) in [4.78, 5) is 12.3. The van der Waals surface area contributed by atoms with Gasteiger partial charge in [0, 0.05) is 13.1 Å². The van der Waals surface area contributed by atoms with Crippen LogP contribution in [0.1, 0.15) is 16.8 Å². The number of aromatic carboxylic acids is 1. The lowest BCUT2D eigenvalue weighted by atomic mass is 10.1. The van der Waals surface area contributed by atoms with Gasteiger partial charge in [0.05, 0.1) is 5.56 Å². The summed E-state index contributed by atoms with van der Waals surface area (Å²) >= 11 is 0. The average molecular weight is 256 g/mol. The summed E-state index contributed by atoms with van der Waals surface area (Å²) in [6, 6.07) is 1.69. The van der Waals surface area contributed by atoms with Gasteiger partial charge in [0.2, 0.25) is 0 Å². The van der Waals surface area contributed by atoms with E-state index in [0.717, 1.165) is 18.6 Å². The summed E-state index contributed by atoms with van der Waals surface area (Å²) in [6.45, 7) is 1.51. The van der Waals surface area contributed by atoms with Crippen LogP contribution < -0.4 is 10.6 Å². The molecule has 0 aromatic heterocycles. The Labute approximate surface area is 103 Å². The molecule has 0 bridgehead atoms. The Balaban J connectivity index is 2.32. The van der Waals surface area contributed by atoms with E-state index in [1.807, 2.05) is 0 Å². The van der Waals surface area contributed by atoms with Crippen LogP contribution in [0.25, 0.3) is 0 Å². The molecule has 1 aliphatic heterocycles. The molecule has 0 radical (unpaired) electrons. The molecule has 1 unspecified atom stereocenters. The van der Waals surface area contributed by atoms with Crippen molar-refractivity contribution in [2.45, 2.75) is 6.42 Å². The number of nitrogens with two attached hydrogens (primary N) is 1. The van der Waals surface area contributed by atoms with E-state index in [2.05, 4.69) is 0 Å². The first-order chi connectivity index (χ1) is 8.52. The number of hydrogen-bond acceptors (Lipinski definition) is 3. The molecule has 1 atom stereocenters. The van der Waals surface area contributed by atoms with Crippen molar-refractivity contribution in [2.75, 3.05) is 24.5 Å². The number of nitrogens with zero attached hydrogens (tertiary/aromatic N) is 1. The molecule has 1 saturated heterocycles. The third-order valence-electron chi connectivity index (χ3n) is 3.20. The van der Waals surface area contributed by atoms with Crippen LogP contribution in [0.5, 0.6) is 0 Å². The normalized spacial score (nSPS) is 19.3. The summed E-state index contributed by atoms with van der Waals surface area (Å²) in [5, 5.41) is 8.71. The van der Waals surface area contributed by atoms with Gasteiger partial charge >= 0.3 is 5.97 Å². The van der Waals surface area contributed by atoms with E-state index in [0.29, 0.717) is 19.6 Å². The number of benzene rings is 1. The Kier molecular flexibility index (Phi) is 3.47. The van der Waals surface area contributed by atoms with Crippen LogP contribution in [0.4, 0.5) is 14.5 Å². The minimum atomic E-state index is -1.35. The largest absolute Gasteiger partial charge is 0.478 e. The van der Waals surface area contributed by atoms with Crippen LogP contribution in [0.3, 0.4) is 0 Å². The first kappa shape index (κ1) is 12.8. The van der Waals surface area contributed by atoms with Gasteiger partial charge in [0.1, 0.15) is 17.3 Å². The molecule has 1 aliphatic rings. The van der Waals surface area contributed by atoms with E-state index in [1.54, 1.807) is 4.90 Å². The maximum absolute atomic E-state index is 13.8. The second-order valence-corrected chi connectivity index (χ2v) is 4.43. The van der Waals surface area contributed by atoms with E-state index in [4.69, 9.17) is 10.8 Å². The molecule has 2 rings (SSSR count). The van der Waals surface area contributed by atoms with Crippen molar-refractivity contribution in [3.8, 4) is 0 Å². The third-order valence-corrected chi connectivity index (χ3v) is 3.20. The van der Waals surface area contributed by atoms with E-state index in [1.165, 1.54) is 0 Å². The Morgan fingerprint density at radius 1 is 1.44 bits per heavy atom. The van der Waals surface area contributed by atoms with Crippen LogP contribution >= 0.6 is 0 Å². The van der Waals surface area contributed by atoms with Gasteiger partial charge in [-0.1, -0.05) is 0 Å². The number of carbonyl (C=O) groups is 1. The number of carboxylic acid groups (broad SMARTS) is 1. The molecule has 6 heteroatoms. The average Bonchev–Trinajstić information content (AvgIpc) is 2.76. The number of anilines is 1. The van der Waals surface area contributed by atoms with Gasteiger partial charge in [0.25, 0.3) is 0 Å². The Morgan fingerprint density at radius 3 is 2.50 bits per heavy atom. The van der Waals surface area contributed by atoms with E-state index < -0.39 is 17.6 Å². The lowest BCUT2D eigenvalue weighted by Crippen LogP contribution is -2.24. The summed E-state index contributed by atoms with van der Waals surface area (Å²) in [6.07, 6.45) is 0.788. The fraction of sp³-hybridized carbons (Fsp3) is 0.417. The highest BCUT2D eigenvalue weighted by Crippen LogP contribution is 2.29. The topological polar surface area (TPSA) is 66.6 Å². The molecule has 0 spiro atoms. The van der Waals surface area contributed by atoms with Crippen LogP contribution in [-0.2, 0) is 0 Å². The number of rotatable bonds is 3. The predicted molar refractivity (Wildman–Crippen MR) is 62.7 cm³/mol. The van der Waals surface area contributed by atoms with Crippen molar-refractivity contribution in [1.29, 1.82) is 0 Å². The first-order valence-corrected chi connectivity index (χ1v) is 5.70. The molecule has 0 aliphatic carbocycles. The number of carboxylic acids is 1. The molecule has 0 amide bonds. The van der Waals surface area contributed by atoms with Crippen LogP contribution in [0.2, 0.25) is 0 Å². The van der Waals surface area contributed by atoms with E-state index in [9.17, 15) is 13.6 Å². The standard InChI is InChI=1S/C12H14F2N2O2/c13-9-3-8(12(17)18)4-10(14)11(9)16-2-1-7(5-15)6-16/h3-4,7H,1-2,5-6,15H2,(H,17,18). The van der Waals surface area contributed by atoms with Crippen molar-refractivity contribution in [1.82, 2.24) is 0 Å². The summed E-state index contributed by atoms with van der Waals surface area (Å²) in [7, 11) is 0. The zero-order chi connectivity index (χ0) is 13.3. The van der Waals surface area contributed by atoms with Gasteiger partial charge in [-0.2, -0.15) is 0 Å². The van der Waals surface area contributed by atoms with Gasteiger partial charge in [0.15, 0.2) is 0 Å². The molecule has 0 saturated carbocycles. The molecule has 1 heterocycles. The minimum Gasteiger partial charge on any atom is -0.478 e. The quantitative estimate of drug-likeness (QED) is 0.859. The van der Waals surface area contributed by atoms with Crippen LogP contribution in [0, 0.1) is 17.6 Å². The fourth-order valence-corrected chi connectivity index (χ4v) is 2.22. The maximum Gasteiger partial charge on any atom is 0.335 e. The van der Waals surface area contributed by atoms with E-state index in [-0.39, 0.29) is 17.2 Å². The summed E-state index contributed by atoms with van der Waals surface area (Å²) in [5.74, 6) is -2.81. The van der Waals surface area contributed by atoms with Gasteiger partial charge in [-0.05, 0) is 31.0 Å². The Bertz CT molecular complexity index is 456. The Morgan fingerprint density at radius 2 is 2.06 bits per heavy atom. The van der Waals surface area contributed by atoms with Gasteiger partial charge in [-0.25, -0.2) is 13.6 Å². The number of halogens is 2. The van der Waals surface area contributed by atoms with Crippen molar-refractivity contribution in [3.05, 3.63) is 29.3 Å². The molecular weight excluding hydrogens is 242 g/mol. The molecule has 3 N–H and O–H groups in total. The summed E-state index contributed by atoms with van der Waals surface area (Å²) in [5.41, 5.74) is 4.98. The molecular formula is C12H14F2N2O2. The highest BCUT2D eigenvalue weighted by Gasteiger charge is 2.26. The maximum atomic E-state index is 13.8. The van der Waals surface area contributed by atoms with Crippen LogP contribution in [0.15, 0.2) is 12.1 Å². The summed E-state index contributed by atoms with van der Waals surface area (Å²) < 4.78 is 27.6. The lowest BCUT2D eigenvalue weighted by Gasteiger charge is -2.20. The van der Waals surface area contributed by atoms with Crippen molar-refractivity contribution in [3.63, 3.8) is 0 Å². The third kappa shape index (κ3) is 2.28. The Hall–Kier alpha value is -1.69. The van der Waals surface area contributed by atoms with E-state index >= 15 is 0 Å². The van der Waals surface area contributed by atoms with Crippen molar-refractivity contribution >= 4 is 11.7 Å². The fourth-order valence-electron chi connectivity index (χ4n) is 2.22. The van der Waals surface area contributed by atoms with Crippen molar-refractivity contribution in [2.24, 2.45) is 11.7 Å². The highest BCUT2D eigenvalue weighted by atomic mass is 19.1. The SMILES string of the molecule is NCC1CCN(c2c(F)cc(C(=O)O)cc2F)C1. The lowest BCUT2D eigenvalue weighted by molar-refractivity contribution is 0.0696. The molecule has 1 aromatic rings. The highest BCUT2D eigenvalue weighted by molar-refractivity contribution is 5.88. The molecule has 4 nitrogen and oxygen atoms in total. The van der Waals surface area contributed by atoms with Gasteiger partial charge in [-0.15, -0.1) is 0 Å². The second-order valence-electron chi connectivity index (χ2n) is 4.43.